The third-order valence-corrected chi connectivity index (χ3v) is 3.80. The lowest BCUT2D eigenvalue weighted by molar-refractivity contribution is -0.139. The minimum atomic E-state index is -0.732. The number of hydrogen-bond acceptors (Lipinski definition) is 3. The van der Waals surface area contributed by atoms with Crippen LogP contribution in [0.15, 0.2) is 12.4 Å². The van der Waals surface area contributed by atoms with Gasteiger partial charge in [-0.2, -0.15) is 0 Å². The fraction of sp³-hybridized carbons (Fsp3) is 0.643. The standard InChI is InChI=1S/C14H20N2O2/c1-13(2,3)12-15-6-8(7-16-12)9-10(11(17)18)14(9,4)5/h6-7,9-10H,1-5H3,(H,17,18)/t9-,10+/m1/s1. The van der Waals surface area contributed by atoms with Crippen molar-refractivity contribution >= 4 is 5.97 Å². The van der Waals surface area contributed by atoms with Gasteiger partial charge in [0, 0.05) is 23.7 Å². The lowest BCUT2D eigenvalue weighted by Gasteiger charge is -2.16. The molecule has 2 atom stereocenters. The van der Waals surface area contributed by atoms with Crippen molar-refractivity contribution in [2.45, 2.75) is 46.0 Å². The number of aromatic nitrogens is 2. The fourth-order valence-corrected chi connectivity index (χ4v) is 2.61. The van der Waals surface area contributed by atoms with Crippen LogP contribution in [0.1, 0.15) is 51.9 Å². The molecule has 0 bridgehead atoms. The molecule has 0 aliphatic heterocycles. The summed E-state index contributed by atoms with van der Waals surface area (Å²) in [6.07, 6.45) is 3.56. The molecule has 1 heterocycles. The largest absolute Gasteiger partial charge is 0.481 e. The Morgan fingerprint density at radius 2 is 1.78 bits per heavy atom. The Hall–Kier alpha value is -1.45. The third-order valence-electron chi connectivity index (χ3n) is 3.80. The van der Waals surface area contributed by atoms with E-state index in [1.54, 1.807) is 12.4 Å². The maximum Gasteiger partial charge on any atom is 0.307 e. The van der Waals surface area contributed by atoms with Crippen LogP contribution in [0.25, 0.3) is 0 Å². The normalized spacial score (nSPS) is 25.8. The maximum absolute atomic E-state index is 11.1. The van der Waals surface area contributed by atoms with Crippen molar-refractivity contribution in [1.82, 2.24) is 9.97 Å². The monoisotopic (exact) mass is 248 g/mol. The molecule has 1 aromatic rings. The van der Waals surface area contributed by atoms with Crippen LogP contribution in [0.5, 0.6) is 0 Å². The Labute approximate surface area is 107 Å². The van der Waals surface area contributed by atoms with E-state index in [0.29, 0.717) is 0 Å². The highest BCUT2D eigenvalue weighted by atomic mass is 16.4. The van der Waals surface area contributed by atoms with Gasteiger partial charge in [-0.25, -0.2) is 9.97 Å². The van der Waals surface area contributed by atoms with Crippen molar-refractivity contribution < 1.29 is 9.90 Å². The molecule has 0 aromatic carbocycles. The van der Waals surface area contributed by atoms with Crippen molar-refractivity contribution in [2.24, 2.45) is 11.3 Å². The van der Waals surface area contributed by atoms with Crippen LogP contribution < -0.4 is 0 Å². The highest BCUT2D eigenvalue weighted by Gasteiger charge is 2.62. The molecule has 1 N–H and O–H groups in total. The van der Waals surface area contributed by atoms with Crippen molar-refractivity contribution in [3.63, 3.8) is 0 Å². The molecule has 4 nitrogen and oxygen atoms in total. The van der Waals surface area contributed by atoms with Crippen LogP contribution in [-0.2, 0) is 10.2 Å². The van der Waals surface area contributed by atoms with Gasteiger partial charge in [-0.1, -0.05) is 34.6 Å². The summed E-state index contributed by atoms with van der Waals surface area (Å²) in [5.41, 5.74) is 0.655. The van der Waals surface area contributed by atoms with Gasteiger partial charge in [-0.05, 0) is 11.0 Å². The molecule has 0 saturated heterocycles. The Kier molecular flexibility index (Phi) is 2.72. The summed E-state index contributed by atoms with van der Waals surface area (Å²) in [7, 11) is 0. The molecule has 4 heteroatoms. The molecule has 0 spiro atoms. The first kappa shape index (κ1) is 13.0. The molecular formula is C14H20N2O2. The van der Waals surface area contributed by atoms with E-state index in [9.17, 15) is 4.79 Å². The second kappa shape index (κ2) is 3.77. The minimum Gasteiger partial charge on any atom is -0.481 e. The van der Waals surface area contributed by atoms with Crippen LogP contribution in [0.4, 0.5) is 0 Å². The highest BCUT2D eigenvalue weighted by molar-refractivity contribution is 5.77. The molecule has 1 fully saturated rings. The first-order chi connectivity index (χ1) is 8.15. The summed E-state index contributed by atoms with van der Waals surface area (Å²) >= 11 is 0. The number of carbonyl (C=O) groups is 1. The van der Waals surface area contributed by atoms with E-state index in [1.807, 2.05) is 13.8 Å². The van der Waals surface area contributed by atoms with Crippen molar-refractivity contribution in [3.05, 3.63) is 23.8 Å². The summed E-state index contributed by atoms with van der Waals surface area (Å²) in [6, 6.07) is 0. The van der Waals surface area contributed by atoms with Crippen molar-refractivity contribution in [3.8, 4) is 0 Å². The quantitative estimate of drug-likeness (QED) is 0.873. The first-order valence-electron chi connectivity index (χ1n) is 6.21. The topological polar surface area (TPSA) is 63.1 Å². The molecule has 2 rings (SSSR count). The van der Waals surface area contributed by atoms with Gasteiger partial charge in [-0.15, -0.1) is 0 Å². The fourth-order valence-electron chi connectivity index (χ4n) is 2.61. The maximum atomic E-state index is 11.1. The van der Waals surface area contributed by atoms with Gasteiger partial charge in [0.05, 0.1) is 5.92 Å². The van der Waals surface area contributed by atoms with Gasteiger partial charge in [-0.3, -0.25) is 4.79 Å². The van der Waals surface area contributed by atoms with Crippen LogP contribution >= 0.6 is 0 Å². The lowest BCUT2D eigenvalue weighted by Crippen LogP contribution is -2.15. The number of carboxylic acid groups (broad SMARTS) is 1. The second-order valence-corrected chi connectivity index (χ2v) is 6.70. The van der Waals surface area contributed by atoms with Crippen LogP contribution in [0, 0.1) is 11.3 Å². The summed E-state index contributed by atoms with van der Waals surface area (Å²) in [5, 5.41) is 9.16. The molecule has 0 amide bonds. The smallest absolute Gasteiger partial charge is 0.307 e. The molecular weight excluding hydrogens is 228 g/mol. The van der Waals surface area contributed by atoms with E-state index in [4.69, 9.17) is 5.11 Å². The number of rotatable bonds is 2. The van der Waals surface area contributed by atoms with E-state index in [0.717, 1.165) is 11.4 Å². The van der Waals surface area contributed by atoms with Gasteiger partial charge in [0.2, 0.25) is 0 Å². The first-order valence-corrected chi connectivity index (χ1v) is 6.21. The molecule has 1 aliphatic rings. The number of hydrogen-bond donors (Lipinski definition) is 1. The van der Waals surface area contributed by atoms with Crippen molar-refractivity contribution in [2.75, 3.05) is 0 Å². The van der Waals surface area contributed by atoms with E-state index in [1.165, 1.54) is 0 Å². The SMILES string of the molecule is CC(C)(C)c1ncc([C@@H]2[C@@H](C(=O)O)C2(C)C)cn1. The van der Waals surface area contributed by atoms with E-state index >= 15 is 0 Å². The van der Waals surface area contributed by atoms with E-state index in [2.05, 4.69) is 30.7 Å². The molecule has 0 radical (unpaired) electrons. The highest BCUT2D eigenvalue weighted by Crippen LogP contribution is 2.64. The van der Waals surface area contributed by atoms with Crippen LogP contribution in [0.3, 0.4) is 0 Å². The summed E-state index contributed by atoms with van der Waals surface area (Å²) < 4.78 is 0. The van der Waals surface area contributed by atoms with Gasteiger partial charge in [0.25, 0.3) is 0 Å². The Balaban J connectivity index is 2.25. The van der Waals surface area contributed by atoms with E-state index in [-0.39, 0.29) is 22.7 Å². The van der Waals surface area contributed by atoms with Gasteiger partial charge in [0.1, 0.15) is 5.82 Å². The summed E-state index contributed by atoms with van der Waals surface area (Å²) in [4.78, 5) is 19.9. The number of carboxylic acids is 1. The van der Waals surface area contributed by atoms with Gasteiger partial charge < -0.3 is 5.11 Å². The Morgan fingerprint density at radius 1 is 1.28 bits per heavy atom. The Morgan fingerprint density at radius 3 is 2.11 bits per heavy atom. The number of nitrogens with zero attached hydrogens (tertiary/aromatic N) is 2. The molecule has 1 aromatic heterocycles. The van der Waals surface area contributed by atoms with Crippen LogP contribution in [-0.4, -0.2) is 21.0 Å². The zero-order chi connectivity index (χ0) is 13.7. The van der Waals surface area contributed by atoms with E-state index < -0.39 is 5.97 Å². The molecule has 0 unspecified atom stereocenters. The van der Waals surface area contributed by atoms with Gasteiger partial charge in [0.15, 0.2) is 0 Å². The molecule has 1 aliphatic carbocycles. The average Bonchev–Trinajstić information content (AvgIpc) is 2.80. The lowest BCUT2D eigenvalue weighted by atomic mass is 9.95. The molecule has 18 heavy (non-hydrogen) atoms. The third kappa shape index (κ3) is 2.00. The summed E-state index contributed by atoms with van der Waals surface area (Å²) in [6.45, 7) is 10.1. The van der Waals surface area contributed by atoms with Crippen molar-refractivity contribution in [1.29, 1.82) is 0 Å². The van der Waals surface area contributed by atoms with Crippen LogP contribution in [0.2, 0.25) is 0 Å². The second-order valence-electron chi connectivity index (χ2n) is 6.70. The average molecular weight is 248 g/mol. The Bertz CT molecular complexity index is 472. The van der Waals surface area contributed by atoms with Gasteiger partial charge >= 0.3 is 5.97 Å². The number of aliphatic carboxylic acids is 1. The summed E-state index contributed by atoms with van der Waals surface area (Å²) in [5.74, 6) is -0.230. The zero-order valence-corrected chi connectivity index (χ0v) is 11.6. The molecule has 1 saturated carbocycles. The molecule has 98 valence electrons. The predicted molar refractivity (Wildman–Crippen MR) is 68.4 cm³/mol. The zero-order valence-electron chi connectivity index (χ0n) is 11.6. The minimum absolute atomic E-state index is 0.0315. The predicted octanol–water partition coefficient (Wildman–Crippen LogP) is 2.60.